The van der Waals surface area contributed by atoms with Crippen LogP contribution in [0.15, 0.2) is 78.9 Å². The number of sulfonamides is 1. The van der Waals surface area contributed by atoms with Crippen molar-refractivity contribution in [1.82, 2.24) is 0 Å². The molecule has 158 valence electrons. The van der Waals surface area contributed by atoms with Crippen LogP contribution in [0.3, 0.4) is 0 Å². The van der Waals surface area contributed by atoms with Gasteiger partial charge in [-0.15, -0.1) is 0 Å². The first-order valence-electron chi connectivity index (χ1n) is 9.41. The molecule has 0 saturated heterocycles. The monoisotopic (exact) mass is 435 g/mol. The Balaban J connectivity index is 1.70. The van der Waals surface area contributed by atoms with Gasteiger partial charge in [-0.05, 0) is 54.1 Å². The zero-order valence-corrected chi connectivity index (χ0v) is 17.7. The SMILES string of the molecule is CS(=O)(=O)N(CC(=O)Nc1ccc(CC#N)cc1)c1ccc(Oc2ccccc2)cc1. The molecule has 0 aliphatic carbocycles. The molecule has 0 unspecified atom stereocenters. The Kier molecular flexibility index (Phi) is 6.90. The molecule has 3 aromatic rings. The molecule has 0 spiro atoms. The minimum atomic E-state index is -3.70. The van der Waals surface area contributed by atoms with Crippen LogP contribution in [0.4, 0.5) is 11.4 Å². The first-order valence-corrected chi connectivity index (χ1v) is 11.3. The van der Waals surface area contributed by atoms with E-state index in [9.17, 15) is 13.2 Å². The number of nitrogens with zero attached hydrogens (tertiary/aromatic N) is 2. The molecule has 7 nitrogen and oxygen atoms in total. The quantitative estimate of drug-likeness (QED) is 0.578. The highest BCUT2D eigenvalue weighted by Gasteiger charge is 2.21. The van der Waals surface area contributed by atoms with Gasteiger partial charge in [0.15, 0.2) is 0 Å². The van der Waals surface area contributed by atoms with E-state index in [1.165, 1.54) is 0 Å². The van der Waals surface area contributed by atoms with Gasteiger partial charge in [-0.3, -0.25) is 9.10 Å². The number of ether oxygens (including phenoxy) is 1. The average molecular weight is 436 g/mol. The van der Waals surface area contributed by atoms with Crippen molar-refractivity contribution in [3.63, 3.8) is 0 Å². The van der Waals surface area contributed by atoms with Gasteiger partial charge < -0.3 is 10.1 Å². The number of para-hydroxylation sites is 1. The first kappa shape index (κ1) is 21.9. The Morgan fingerprint density at radius 3 is 2.16 bits per heavy atom. The van der Waals surface area contributed by atoms with Gasteiger partial charge in [-0.2, -0.15) is 5.26 Å². The number of benzene rings is 3. The van der Waals surface area contributed by atoms with Crippen molar-refractivity contribution in [3.8, 4) is 17.6 Å². The fourth-order valence-electron chi connectivity index (χ4n) is 2.83. The van der Waals surface area contributed by atoms with Gasteiger partial charge in [0.2, 0.25) is 15.9 Å². The van der Waals surface area contributed by atoms with Crippen molar-refractivity contribution in [2.45, 2.75) is 6.42 Å². The largest absolute Gasteiger partial charge is 0.457 e. The molecule has 0 aliphatic rings. The second kappa shape index (κ2) is 9.78. The van der Waals surface area contributed by atoms with Crippen LogP contribution in [-0.4, -0.2) is 27.1 Å². The predicted octanol–water partition coefficient (Wildman–Crippen LogP) is 3.95. The topological polar surface area (TPSA) is 99.5 Å². The second-order valence-electron chi connectivity index (χ2n) is 6.76. The predicted molar refractivity (Wildman–Crippen MR) is 120 cm³/mol. The van der Waals surface area contributed by atoms with Crippen LogP contribution in [-0.2, 0) is 21.2 Å². The minimum Gasteiger partial charge on any atom is -0.457 e. The number of anilines is 2. The molecule has 0 saturated carbocycles. The van der Waals surface area contributed by atoms with Gasteiger partial charge in [0.1, 0.15) is 18.0 Å². The van der Waals surface area contributed by atoms with Crippen molar-refractivity contribution in [3.05, 3.63) is 84.4 Å². The molecule has 8 heteroatoms. The minimum absolute atomic E-state index is 0.278. The summed E-state index contributed by atoms with van der Waals surface area (Å²) in [6, 6.07) is 24.5. The van der Waals surface area contributed by atoms with E-state index in [-0.39, 0.29) is 13.0 Å². The highest BCUT2D eigenvalue weighted by Crippen LogP contribution is 2.25. The Labute approximate surface area is 181 Å². The van der Waals surface area contributed by atoms with Crippen molar-refractivity contribution < 1.29 is 17.9 Å². The van der Waals surface area contributed by atoms with E-state index in [0.717, 1.165) is 16.1 Å². The van der Waals surface area contributed by atoms with Crippen LogP contribution in [0, 0.1) is 11.3 Å². The van der Waals surface area contributed by atoms with Gasteiger partial charge in [0, 0.05) is 5.69 Å². The summed E-state index contributed by atoms with van der Waals surface area (Å²) in [6.07, 6.45) is 1.32. The number of nitriles is 1. The fraction of sp³-hybridized carbons (Fsp3) is 0.130. The number of hydrogen-bond acceptors (Lipinski definition) is 5. The number of carbonyl (C=O) groups is 1. The molecule has 1 N–H and O–H groups in total. The summed E-state index contributed by atoms with van der Waals surface area (Å²) >= 11 is 0. The van der Waals surface area contributed by atoms with E-state index in [1.807, 2.05) is 30.3 Å². The average Bonchev–Trinajstić information content (AvgIpc) is 2.74. The van der Waals surface area contributed by atoms with Crippen molar-refractivity contribution in [2.75, 3.05) is 22.4 Å². The molecule has 0 aromatic heterocycles. The van der Waals surface area contributed by atoms with Gasteiger partial charge in [0.05, 0.1) is 24.4 Å². The Morgan fingerprint density at radius 1 is 0.968 bits per heavy atom. The summed E-state index contributed by atoms with van der Waals surface area (Å²) in [5.41, 5.74) is 1.70. The van der Waals surface area contributed by atoms with Crippen LogP contribution in [0.25, 0.3) is 0 Å². The maximum atomic E-state index is 12.5. The number of nitrogens with one attached hydrogen (secondary N) is 1. The van der Waals surface area contributed by atoms with Crippen LogP contribution >= 0.6 is 0 Å². The summed E-state index contributed by atoms with van der Waals surface area (Å²) in [6.45, 7) is -0.377. The third-order valence-corrected chi connectivity index (χ3v) is 5.45. The van der Waals surface area contributed by atoms with Crippen LogP contribution in [0.2, 0.25) is 0 Å². The fourth-order valence-corrected chi connectivity index (χ4v) is 3.69. The zero-order valence-electron chi connectivity index (χ0n) is 16.9. The molecule has 0 heterocycles. The number of rotatable bonds is 8. The van der Waals surface area contributed by atoms with E-state index in [4.69, 9.17) is 10.00 Å². The lowest BCUT2D eigenvalue weighted by Crippen LogP contribution is -2.37. The standard InChI is InChI=1S/C23H21N3O4S/c1-31(28,29)26(17-23(27)25-19-9-7-18(8-10-19)15-16-24)20-11-13-22(14-12-20)30-21-5-3-2-4-6-21/h2-14H,15,17H2,1H3,(H,25,27). The van der Waals surface area contributed by atoms with Gasteiger partial charge >= 0.3 is 0 Å². The maximum absolute atomic E-state index is 12.5. The molecular weight excluding hydrogens is 414 g/mol. The van der Waals surface area contributed by atoms with Crippen LogP contribution in [0.1, 0.15) is 5.56 Å². The maximum Gasteiger partial charge on any atom is 0.245 e. The molecular formula is C23H21N3O4S. The Morgan fingerprint density at radius 2 is 1.58 bits per heavy atom. The van der Waals surface area contributed by atoms with E-state index >= 15 is 0 Å². The van der Waals surface area contributed by atoms with Gasteiger partial charge in [0.25, 0.3) is 0 Å². The summed E-state index contributed by atoms with van der Waals surface area (Å²) in [7, 11) is -3.70. The third kappa shape index (κ3) is 6.32. The molecule has 0 aliphatic heterocycles. The molecule has 3 rings (SSSR count). The van der Waals surface area contributed by atoms with Crippen LogP contribution < -0.4 is 14.4 Å². The molecule has 0 bridgehead atoms. The Hall–Kier alpha value is -3.83. The molecule has 0 radical (unpaired) electrons. The normalized spacial score (nSPS) is 10.7. The van der Waals surface area contributed by atoms with E-state index in [1.54, 1.807) is 48.5 Å². The third-order valence-electron chi connectivity index (χ3n) is 4.31. The number of carbonyl (C=O) groups excluding carboxylic acids is 1. The summed E-state index contributed by atoms with van der Waals surface area (Å²) in [5, 5.41) is 11.4. The van der Waals surface area contributed by atoms with Crippen molar-refractivity contribution in [1.29, 1.82) is 5.26 Å². The van der Waals surface area contributed by atoms with Gasteiger partial charge in [-0.25, -0.2) is 8.42 Å². The Bertz CT molecular complexity index is 1170. The van der Waals surface area contributed by atoms with E-state index < -0.39 is 15.9 Å². The molecule has 1 amide bonds. The van der Waals surface area contributed by atoms with Crippen LogP contribution in [0.5, 0.6) is 11.5 Å². The van der Waals surface area contributed by atoms with E-state index in [2.05, 4.69) is 11.4 Å². The lowest BCUT2D eigenvalue weighted by Gasteiger charge is -2.22. The van der Waals surface area contributed by atoms with E-state index in [0.29, 0.717) is 22.9 Å². The lowest BCUT2D eigenvalue weighted by molar-refractivity contribution is -0.114. The van der Waals surface area contributed by atoms with Gasteiger partial charge in [-0.1, -0.05) is 30.3 Å². The van der Waals surface area contributed by atoms with Crippen molar-refractivity contribution in [2.24, 2.45) is 0 Å². The molecule has 3 aromatic carbocycles. The number of hydrogen-bond donors (Lipinski definition) is 1. The lowest BCUT2D eigenvalue weighted by atomic mass is 10.1. The smallest absolute Gasteiger partial charge is 0.245 e. The molecule has 0 fully saturated rings. The highest BCUT2D eigenvalue weighted by atomic mass is 32.2. The highest BCUT2D eigenvalue weighted by molar-refractivity contribution is 7.92. The van der Waals surface area contributed by atoms with Crippen molar-refractivity contribution >= 4 is 27.3 Å². The molecule has 31 heavy (non-hydrogen) atoms. The second-order valence-corrected chi connectivity index (χ2v) is 8.67. The zero-order chi connectivity index (χ0) is 22.3. The summed E-state index contributed by atoms with van der Waals surface area (Å²) in [5.74, 6) is 0.726. The molecule has 0 atom stereocenters. The first-order chi connectivity index (χ1) is 14.8. The summed E-state index contributed by atoms with van der Waals surface area (Å²) in [4.78, 5) is 12.5. The summed E-state index contributed by atoms with van der Waals surface area (Å²) < 4.78 is 31.3. The number of amides is 1.